The molecule has 1 N–H and O–H groups in total. The molecule has 3 aromatic rings. The molecule has 28 heavy (non-hydrogen) atoms. The van der Waals surface area contributed by atoms with Crippen molar-refractivity contribution in [3.63, 3.8) is 0 Å². The van der Waals surface area contributed by atoms with Gasteiger partial charge < -0.3 is 5.32 Å². The molecule has 3 rings (SSSR count). The average Bonchev–Trinajstić information content (AvgIpc) is 3.18. The molecule has 1 heterocycles. The lowest BCUT2D eigenvalue weighted by molar-refractivity contribution is -0.116. The summed E-state index contributed by atoms with van der Waals surface area (Å²) < 4.78 is 1.77. The van der Waals surface area contributed by atoms with E-state index >= 15 is 0 Å². The lowest BCUT2D eigenvalue weighted by Gasteiger charge is -2.18. The summed E-state index contributed by atoms with van der Waals surface area (Å²) in [4.78, 5) is 16.0. The van der Waals surface area contributed by atoms with Gasteiger partial charge in [0.2, 0.25) is 5.91 Å². The molecule has 0 atom stereocenters. The van der Waals surface area contributed by atoms with E-state index in [2.05, 4.69) is 48.3 Å². The molecule has 0 spiro atoms. The summed E-state index contributed by atoms with van der Waals surface area (Å²) in [5.74, 6) is -0.105. The SMILES string of the molecule is CC(C)(C)c1ccc(C=CC(=O)NCc2ccc(Cn3cncn3)cc2)cc1. The highest BCUT2D eigenvalue weighted by atomic mass is 16.1. The van der Waals surface area contributed by atoms with Crippen molar-refractivity contribution in [1.82, 2.24) is 20.1 Å². The van der Waals surface area contributed by atoms with E-state index in [1.165, 1.54) is 11.9 Å². The van der Waals surface area contributed by atoms with Crippen LogP contribution in [0.3, 0.4) is 0 Å². The molecular weight excluding hydrogens is 348 g/mol. The Hall–Kier alpha value is -3.21. The van der Waals surface area contributed by atoms with Crippen LogP contribution < -0.4 is 5.32 Å². The highest BCUT2D eigenvalue weighted by molar-refractivity contribution is 5.91. The van der Waals surface area contributed by atoms with Crippen LogP contribution in [0.15, 0.2) is 67.3 Å². The van der Waals surface area contributed by atoms with Gasteiger partial charge in [-0.2, -0.15) is 5.10 Å². The first kappa shape index (κ1) is 19.5. The summed E-state index contributed by atoms with van der Waals surface area (Å²) in [6, 6.07) is 16.4. The van der Waals surface area contributed by atoms with Crippen molar-refractivity contribution in [2.45, 2.75) is 39.3 Å². The van der Waals surface area contributed by atoms with Crippen LogP contribution >= 0.6 is 0 Å². The quantitative estimate of drug-likeness (QED) is 0.665. The maximum Gasteiger partial charge on any atom is 0.244 e. The fourth-order valence-corrected chi connectivity index (χ4v) is 2.78. The number of aromatic nitrogens is 3. The van der Waals surface area contributed by atoms with Crippen LogP contribution in [-0.4, -0.2) is 20.7 Å². The Kier molecular flexibility index (Phi) is 6.04. The smallest absolute Gasteiger partial charge is 0.244 e. The van der Waals surface area contributed by atoms with Crippen molar-refractivity contribution in [3.05, 3.63) is 89.5 Å². The molecule has 5 heteroatoms. The molecule has 0 bridgehead atoms. The second-order valence-electron chi connectivity index (χ2n) is 7.83. The summed E-state index contributed by atoms with van der Waals surface area (Å²) in [7, 11) is 0. The molecule has 0 aliphatic heterocycles. The summed E-state index contributed by atoms with van der Waals surface area (Å²) in [5, 5.41) is 7.01. The normalized spacial score (nSPS) is 11.7. The van der Waals surface area contributed by atoms with Gasteiger partial charge >= 0.3 is 0 Å². The van der Waals surface area contributed by atoms with Gasteiger partial charge in [0.15, 0.2) is 0 Å². The van der Waals surface area contributed by atoms with Gasteiger partial charge in [0.1, 0.15) is 12.7 Å². The van der Waals surface area contributed by atoms with Crippen LogP contribution in [0.1, 0.15) is 43.0 Å². The largest absolute Gasteiger partial charge is 0.348 e. The van der Waals surface area contributed by atoms with E-state index in [1.54, 1.807) is 17.1 Å². The van der Waals surface area contributed by atoms with E-state index in [-0.39, 0.29) is 11.3 Å². The molecule has 5 nitrogen and oxygen atoms in total. The van der Waals surface area contributed by atoms with Crippen molar-refractivity contribution >= 4 is 12.0 Å². The van der Waals surface area contributed by atoms with Gasteiger partial charge in [0, 0.05) is 12.6 Å². The van der Waals surface area contributed by atoms with Gasteiger partial charge in [0.25, 0.3) is 0 Å². The molecule has 0 unspecified atom stereocenters. The molecule has 2 aromatic carbocycles. The summed E-state index contributed by atoms with van der Waals surface area (Å²) in [6.07, 6.45) is 6.63. The zero-order chi connectivity index (χ0) is 20.0. The van der Waals surface area contributed by atoms with Crippen LogP contribution in [0.25, 0.3) is 6.08 Å². The van der Waals surface area contributed by atoms with Gasteiger partial charge in [-0.15, -0.1) is 0 Å². The molecule has 0 saturated carbocycles. The van der Waals surface area contributed by atoms with E-state index in [0.29, 0.717) is 13.1 Å². The molecule has 0 fully saturated rings. The second kappa shape index (κ2) is 8.65. The number of carbonyl (C=O) groups excluding carboxylic acids is 1. The van der Waals surface area contributed by atoms with Crippen LogP contribution in [-0.2, 0) is 23.3 Å². The molecule has 1 amide bonds. The van der Waals surface area contributed by atoms with E-state index in [4.69, 9.17) is 0 Å². The minimum Gasteiger partial charge on any atom is -0.348 e. The van der Waals surface area contributed by atoms with Crippen molar-refractivity contribution < 1.29 is 4.79 Å². The van der Waals surface area contributed by atoms with E-state index in [9.17, 15) is 4.79 Å². The number of nitrogens with one attached hydrogen (secondary N) is 1. The average molecular weight is 374 g/mol. The first-order chi connectivity index (χ1) is 13.4. The number of nitrogens with zero attached hydrogens (tertiary/aromatic N) is 3. The van der Waals surface area contributed by atoms with Crippen LogP contribution in [0, 0.1) is 0 Å². The topological polar surface area (TPSA) is 59.8 Å². The standard InChI is InChI=1S/C23H26N4O/c1-23(2,3)21-11-8-18(9-12-21)10-13-22(28)25-14-19-4-6-20(7-5-19)15-27-17-24-16-26-27/h4-13,16-17H,14-15H2,1-3H3,(H,25,28). The zero-order valence-electron chi connectivity index (χ0n) is 16.6. The molecule has 144 valence electrons. The third-order valence-corrected chi connectivity index (χ3v) is 4.50. The van der Waals surface area contributed by atoms with E-state index in [1.807, 2.05) is 42.5 Å². The molecule has 0 aliphatic carbocycles. The van der Waals surface area contributed by atoms with Crippen molar-refractivity contribution in [1.29, 1.82) is 0 Å². The lowest BCUT2D eigenvalue weighted by Crippen LogP contribution is -2.20. The highest BCUT2D eigenvalue weighted by Gasteiger charge is 2.12. The number of hydrogen-bond acceptors (Lipinski definition) is 3. The minimum atomic E-state index is -0.105. The lowest BCUT2D eigenvalue weighted by atomic mass is 9.87. The first-order valence-electron chi connectivity index (χ1n) is 9.37. The third-order valence-electron chi connectivity index (χ3n) is 4.50. The highest BCUT2D eigenvalue weighted by Crippen LogP contribution is 2.22. The maximum absolute atomic E-state index is 12.1. The predicted molar refractivity (Wildman–Crippen MR) is 112 cm³/mol. The first-order valence-corrected chi connectivity index (χ1v) is 9.37. The van der Waals surface area contributed by atoms with Gasteiger partial charge in [-0.25, -0.2) is 9.67 Å². The number of carbonyl (C=O) groups is 1. The summed E-state index contributed by atoms with van der Waals surface area (Å²) in [5.41, 5.74) is 4.62. The van der Waals surface area contributed by atoms with Crippen molar-refractivity contribution in [2.75, 3.05) is 0 Å². The van der Waals surface area contributed by atoms with Gasteiger partial charge in [-0.1, -0.05) is 69.3 Å². The van der Waals surface area contributed by atoms with Crippen molar-refractivity contribution in [2.24, 2.45) is 0 Å². The Bertz CT molecular complexity index is 918. The number of rotatable bonds is 6. The Morgan fingerprint density at radius 3 is 2.32 bits per heavy atom. The third kappa shape index (κ3) is 5.64. The zero-order valence-corrected chi connectivity index (χ0v) is 16.6. The molecule has 0 aliphatic rings. The Morgan fingerprint density at radius 1 is 1.04 bits per heavy atom. The number of benzene rings is 2. The fraction of sp³-hybridized carbons (Fsp3) is 0.261. The van der Waals surface area contributed by atoms with Crippen LogP contribution in [0.2, 0.25) is 0 Å². The number of amides is 1. The number of hydrogen-bond donors (Lipinski definition) is 1. The summed E-state index contributed by atoms with van der Waals surface area (Å²) in [6.45, 7) is 7.74. The summed E-state index contributed by atoms with van der Waals surface area (Å²) >= 11 is 0. The fourth-order valence-electron chi connectivity index (χ4n) is 2.78. The van der Waals surface area contributed by atoms with Crippen LogP contribution in [0.5, 0.6) is 0 Å². The minimum absolute atomic E-state index is 0.105. The Balaban J connectivity index is 1.49. The molecule has 1 aromatic heterocycles. The van der Waals surface area contributed by atoms with E-state index in [0.717, 1.165) is 16.7 Å². The second-order valence-corrected chi connectivity index (χ2v) is 7.83. The van der Waals surface area contributed by atoms with Gasteiger partial charge in [-0.05, 0) is 33.7 Å². The monoisotopic (exact) mass is 374 g/mol. The molecule has 0 saturated heterocycles. The molecular formula is C23H26N4O. The van der Waals surface area contributed by atoms with Gasteiger partial charge in [0.05, 0.1) is 6.54 Å². The maximum atomic E-state index is 12.1. The predicted octanol–water partition coefficient (Wildman–Crippen LogP) is 3.95. The Morgan fingerprint density at radius 2 is 1.71 bits per heavy atom. The van der Waals surface area contributed by atoms with Gasteiger partial charge in [-0.3, -0.25) is 4.79 Å². The van der Waals surface area contributed by atoms with Crippen LogP contribution in [0.4, 0.5) is 0 Å². The van der Waals surface area contributed by atoms with Crippen molar-refractivity contribution in [3.8, 4) is 0 Å². The van der Waals surface area contributed by atoms with E-state index < -0.39 is 0 Å². The Labute approximate surface area is 166 Å². The molecule has 0 radical (unpaired) electrons.